The average molecular weight is 449 g/mol. The minimum Gasteiger partial charge on any atom is -0.381 e. The van der Waals surface area contributed by atoms with Crippen molar-refractivity contribution in [2.45, 2.75) is 38.1 Å². The third kappa shape index (κ3) is 4.93. The number of hydrogen-bond acceptors (Lipinski definition) is 5. The largest absolute Gasteiger partial charge is 0.381 e. The van der Waals surface area contributed by atoms with Crippen LogP contribution < -0.4 is 15.8 Å². The number of fused-ring (bicyclic) bond motifs is 1. The van der Waals surface area contributed by atoms with E-state index in [0.717, 1.165) is 23.9 Å². The fraction of sp³-hybridized carbons (Fsp3) is 0.423. The molecule has 0 atom stereocenters. The molecule has 1 amide bonds. The average Bonchev–Trinajstić information content (AvgIpc) is 2.82. The number of benzene rings is 2. The highest BCUT2D eigenvalue weighted by Gasteiger charge is 2.34. The molecule has 1 aliphatic rings. The van der Waals surface area contributed by atoms with Gasteiger partial charge >= 0.3 is 0 Å². The molecule has 4 rings (SSSR count). The molecular formula is C26H32N4O3. The molecule has 1 aromatic heterocycles. The van der Waals surface area contributed by atoms with Crippen molar-refractivity contribution in [2.75, 3.05) is 38.8 Å². The summed E-state index contributed by atoms with van der Waals surface area (Å²) in [7, 11) is 3.60. The van der Waals surface area contributed by atoms with Crippen molar-refractivity contribution in [1.29, 1.82) is 0 Å². The van der Waals surface area contributed by atoms with E-state index < -0.39 is 0 Å². The van der Waals surface area contributed by atoms with Crippen LogP contribution in [0.25, 0.3) is 11.0 Å². The second-order valence-corrected chi connectivity index (χ2v) is 9.06. The van der Waals surface area contributed by atoms with E-state index in [1.54, 1.807) is 23.6 Å². The highest BCUT2D eigenvalue weighted by Crippen LogP contribution is 2.34. The lowest BCUT2D eigenvalue weighted by atomic mass is 9.74. The normalized spacial score (nSPS) is 15.4. The fourth-order valence-corrected chi connectivity index (χ4v) is 4.50. The van der Waals surface area contributed by atoms with E-state index >= 15 is 0 Å². The zero-order valence-electron chi connectivity index (χ0n) is 19.6. The Morgan fingerprint density at radius 2 is 1.82 bits per heavy atom. The number of para-hydroxylation sites is 2. The summed E-state index contributed by atoms with van der Waals surface area (Å²) >= 11 is 0. The standard InChI is InChI=1S/C26H32N4O3/c1-19-8-10-20(11-9-19)26(13-16-33-17-14-26)18-27-23(31)12-15-30-22-7-5-4-6-21(22)28-24(25(30)32)29(2)3/h4-11H,12-18H2,1-3H3,(H,27,31). The van der Waals surface area contributed by atoms with E-state index in [1.807, 2.05) is 24.3 Å². The zero-order valence-corrected chi connectivity index (χ0v) is 19.6. The Morgan fingerprint density at radius 3 is 2.52 bits per heavy atom. The second kappa shape index (κ2) is 9.75. The number of carbonyl (C=O) groups excluding carboxylic acids is 1. The van der Waals surface area contributed by atoms with Crippen molar-refractivity contribution in [3.05, 3.63) is 70.0 Å². The van der Waals surface area contributed by atoms with Crippen LogP contribution in [0.5, 0.6) is 0 Å². The van der Waals surface area contributed by atoms with E-state index in [9.17, 15) is 9.59 Å². The lowest BCUT2D eigenvalue weighted by molar-refractivity contribution is -0.121. The van der Waals surface area contributed by atoms with Gasteiger partial charge in [0.2, 0.25) is 5.91 Å². The SMILES string of the molecule is Cc1ccc(C2(CNC(=O)CCn3c(=O)c(N(C)C)nc4ccccc43)CCOCC2)cc1. The first kappa shape index (κ1) is 23.0. The van der Waals surface area contributed by atoms with E-state index in [2.05, 4.69) is 41.5 Å². The van der Waals surface area contributed by atoms with Crippen molar-refractivity contribution >= 4 is 22.8 Å². The molecule has 1 aliphatic heterocycles. The lowest BCUT2D eigenvalue weighted by Crippen LogP contribution is -2.44. The van der Waals surface area contributed by atoms with Crippen LogP contribution in [0.3, 0.4) is 0 Å². The van der Waals surface area contributed by atoms with Crippen LogP contribution in [0.4, 0.5) is 5.82 Å². The van der Waals surface area contributed by atoms with E-state index in [-0.39, 0.29) is 23.3 Å². The quantitative estimate of drug-likeness (QED) is 0.601. The van der Waals surface area contributed by atoms with Gasteiger partial charge in [0, 0.05) is 52.2 Å². The first-order valence-corrected chi connectivity index (χ1v) is 11.5. The summed E-state index contributed by atoms with van der Waals surface area (Å²) in [6.45, 7) is 4.32. The number of rotatable bonds is 7. The molecule has 1 N–H and O–H groups in total. The summed E-state index contributed by atoms with van der Waals surface area (Å²) in [5.74, 6) is 0.307. The molecule has 0 saturated carbocycles. The van der Waals surface area contributed by atoms with Gasteiger partial charge in [-0.2, -0.15) is 0 Å². The molecule has 1 saturated heterocycles. The summed E-state index contributed by atoms with van der Waals surface area (Å²) in [5, 5.41) is 3.15. The first-order valence-electron chi connectivity index (χ1n) is 11.5. The van der Waals surface area contributed by atoms with Gasteiger partial charge in [0.1, 0.15) is 0 Å². The maximum absolute atomic E-state index is 13.0. The predicted octanol–water partition coefficient (Wildman–Crippen LogP) is 3.03. The smallest absolute Gasteiger partial charge is 0.293 e. The Bertz CT molecular complexity index is 1180. The number of aryl methyl sites for hydroxylation is 2. The minimum atomic E-state index is -0.188. The van der Waals surface area contributed by atoms with Gasteiger partial charge < -0.3 is 19.5 Å². The molecule has 2 aromatic carbocycles. The monoisotopic (exact) mass is 448 g/mol. The third-order valence-electron chi connectivity index (χ3n) is 6.56. The molecule has 0 bridgehead atoms. The summed E-state index contributed by atoms with van der Waals surface area (Å²) in [5.41, 5.74) is 3.62. The molecule has 0 aliphatic carbocycles. The third-order valence-corrected chi connectivity index (χ3v) is 6.56. The Hall–Kier alpha value is -3.19. The Balaban J connectivity index is 1.49. The molecule has 0 radical (unpaired) electrons. The molecule has 0 spiro atoms. The molecule has 1 fully saturated rings. The second-order valence-electron chi connectivity index (χ2n) is 9.06. The molecule has 7 nitrogen and oxygen atoms in total. The van der Waals surface area contributed by atoms with Crippen LogP contribution >= 0.6 is 0 Å². The van der Waals surface area contributed by atoms with Gasteiger partial charge in [0.05, 0.1) is 11.0 Å². The van der Waals surface area contributed by atoms with Gasteiger partial charge in [-0.15, -0.1) is 0 Å². The summed E-state index contributed by atoms with van der Waals surface area (Å²) < 4.78 is 7.26. The lowest BCUT2D eigenvalue weighted by Gasteiger charge is -2.38. The van der Waals surface area contributed by atoms with Crippen LogP contribution in [0, 0.1) is 6.92 Å². The van der Waals surface area contributed by atoms with Crippen LogP contribution in [0.1, 0.15) is 30.4 Å². The molecule has 0 unspecified atom stereocenters. The van der Waals surface area contributed by atoms with E-state index in [1.165, 1.54) is 11.1 Å². The van der Waals surface area contributed by atoms with Gasteiger partial charge in [0.25, 0.3) is 5.56 Å². The Kier molecular flexibility index (Phi) is 6.79. The van der Waals surface area contributed by atoms with Crippen LogP contribution in [-0.4, -0.2) is 49.3 Å². The highest BCUT2D eigenvalue weighted by atomic mass is 16.5. The van der Waals surface area contributed by atoms with Gasteiger partial charge in [-0.05, 0) is 37.5 Å². The van der Waals surface area contributed by atoms with Crippen molar-refractivity contribution in [2.24, 2.45) is 0 Å². The number of amides is 1. The minimum absolute atomic E-state index is 0.0628. The van der Waals surface area contributed by atoms with Gasteiger partial charge in [-0.25, -0.2) is 4.98 Å². The summed E-state index contributed by atoms with van der Waals surface area (Å²) in [4.78, 5) is 32.1. The van der Waals surface area contributed by atoms with Crippen molar-refractivity contribution in [3.63, 3.8) is 0 Å². The van der Waals surface area contributed by atoms with E-state index in [4.69, 9.17) is 4.74 Å². The molecular weight excluding hydrogens is 416 g/mol. The van der Waals surface area contributed by atoms with Gasteiger partial charge in [0.15, 0.2) is 5.82 Å². The number of ether oxygens (including phenoxy) is 1. The number of nitrogens with one attached hydrogen (secondary N) is 1. The topological polar surface area (TPSA) is 76.5 Å². The van der Waals surface area contributed by atoms with Gasteiger partial charge in [-0.1, -0.05) is 42.0 Å². The predicted molar refractivity (Wildman–Crippen MR) is 131 cm³/mol. The number of nitrogens with zero attached hydrogens (tertiary/aromatic N) is 3. The molecule has 174 valence electrons. The van der Waals surface area contributed by atoms with Crippen molar-refractivity contribution in [1.82, 2.24) is 14.9 Å². The van der Waals surface area contributed by atoms with Gasteiger partial charge in [-0.3, -0.25) is 9.59 Å². The van der Waals surface area contributed by atoms with Crippen LogP contribution in [0.2, 0.25) is 0 Å². The summed E-state index contributed by atoms with van der Waals surface area (Å²) in [6, 6.07) is 16.1. The maximum Gasteiger partial charge on any atom is 0.293 e. The number of anilines is 1. The zero-order chi connectivity index (χ0) is 23.4. The summed E-state index contributed by atoms with van der Waals surface area (Å²) in [6.07, 6.45) is 1.97. The number of hydrogen-bond donors (Lipinski definition) is 1. The highest BCUT2D eigenvalue weighted by molar-refractivity contribution is 5.78. The molecule has 7 heteroatoms. The van der Waals surface area contributed by atoms with Crippen LogP contribution in [0.15, 0.2) is 53.3 Å². The Labute approximate surface area is 194 Å². The Morgan fingerprint density at radius 1 is 1.12 bits per heavy atom. The van der Waals surface area contributed by atoms with Crippen molar-refractivity contribution < 1.29 is 9.53 Å². The number of aromatic nitrogens is 2. The fourth-order valence-electron chi connectivity index (χ4n) is 4.50. The molecule has 2 heterocycles. The first-order chi connectivity index (χ1) is 15.9. The maximum atomic E-state index is 13.0. The molecule has 3 aromatic rings. The molecule has 33 heavy (non-hydrogen) atoms. The van der Waals surface area contributed by atoms with Crippen molar-refractivity contribution in [3.8, 4) is 0 Å². The number of carbonyl (C=O) groups is 1. The van der Waals surface area contributed by atoms with E-state index in [0.29, 0.717) is 32.1 Å². The van der Waals surface area contributed by atoms with Crippen LogP contribution in [-0.2, 0) is 21.5 Å².